The molecule has 1 aromatic heterocycles. The zero-order valence-corrected chi connectivity index (χ0v) is 11.0. The third kappa shape index (κ3) is 4.41. The van der Waals surface area contributed by atoms with Gasteiger partial charge in [-0.25, -0.2) is 4.98 Å². The number of amides is 1. The van der Waals surface area contributed by atoms with E-state index in [0.29, 0.717) is 25.1 Å². The van der Waals surface area contributed by atoms with E-state index in [-0.39, 0.29) is 18.1 Å². The van der Waals surface area contributed by atoms with Crippen LogP contribution >= 0.6 is 11.3 Å². The first-order chi connectivity index (χ1) is 8.04. The molecule has 6 heteroatoms. The molecule has 1 amide bonds. The lowest BCUT2D eigenvalue weighted by Crippen LogP contribution is -2.27. The van der Waals surface area contributed by atoms with Crippen LogP contribution in [0.25, 0.3) is 0 Å². The van der Waals surface area contributed by atoms with Gasteiger partial charge in [-0.2, -0.15) is 0 Å². The van der Waals surface area contributed by atoms with Crippen molar-refractivity contribution in [1.82, 2.24) is 10.3 Å². The van der Waals surface area contributed by atoms with Gasteiger partial charge in [0.15, 0.2) is 0 Å². The minimum atomic E-state index is -0.356. The lowest BCUT2D eigenvalue weighted by atomic mass is 10.2. The van der Waals surface area contributed by atoms with Gasteiger partial charge in [-0.3, -0.25) is 4.79 Å². The Morgan fingerprint density at radius 3 is 2.94 bits per heavy atom. The Balaban J connectivity index is 2.41. The monoisotopic (exact) mass is 257 g/mol. The summed E-state index contributed by atoms with van der Waals surface area (Å²) in [7, 11) is 0. The summed E-state index contributed by atoms with van der Waals surface area (Å²) >= 11 is 1.38. The van der Waals surface area contributed by atoms with Crippen molar-refractivity contribution in [3.05, 3.63) is 16.1 Å². The van der Waals surface area contributed by atoms with Gasteiger partial charge in [0.1, 0.15) is 10.7 Å². The number of thiazole rings is 1. The fraction of sp³-hybridized carbons (Fsp3) is 0.636. The summed E-state index contributed by atoms with van der Waals surface area (Å²) in [5.74, 6) is -0.212. The molecular formula is C11H19N3O2S. The van der Waals surface area contributed by atoms with Crippen molar-refractivity contribution >= 4 is 17.2 Å². The highest BCUT2D eigenvalue weighted by atomic mass is 32.1. The van der Waals surface area contributed by atoms with E-state index in [1.54, 1.807) is 5.38 Å². The van der Waals surface area contributed by atoms with Crippen LogP contribution in [-0.2, 0) is 0 Å². The van der Waals surface area contributed by atoms with E-state index in [0.717, 1.165) is 5.01 Å². The Labute approximate surface area is 105 Å². The topological polar surface area (TPSA) is 88.2 Å². The molecule has 0 aliphatic carbocycles. The third-order valence-corrected chi connectivity index (χ3v) is 3.42. The first kappa shape index (κ1) is 14.1. The molecule has 0 fully saturated rings. The van der Waals surface area contributed by atoms with Gasteiger partial charge >= 0.3 is 0 Å². The van der Waals surface area contributed by atoms with Crippen LogP contribution in [-0.4, -0.2) is 28.6 Å². The minimum Gasteiger partial charge on any atom is -0.393 e. The van der Waals surface area contributed by atoms with Crippen LogP contribution in [0.4, 0.5) is 0 Å². The van der Waals surface area contributed by atoms with Gasteiger partial charge in [0.05, 0.1) is 12.1 Å². The Morgan fingerprint density at radius 2 is 2.41 bits per heavy atom. The number of hydrogen-bond donors (Lipinski definition) is 3. The summed E-state index contributed by atoms with van der Waals surface area (Å²) in [6, 6.07) is -0.150. The molecule has 0 spiro atoms. The molecule has 1 aromatic rings. The Kier molecular flexibility index (Phi) is 5.54. The Bertz CT molecular complexity index is 365. The van der Waals surface area contributed by atoms with Gasteiger partial charge < -0.3 is 16.2 Å². The molecule has 0 saturated heterocycles. The van der Waals surface area contributed by atoms with E-state index in [1.807, 2.05) is 13.8 Å². The van der Waals surface area contributed by atoms with E-state index in [9.17, 15) is 9.90 Å². The average molecular weight is 257 g/mol. The number of hydrogen-bond acceptors (Lipinski definition) is 5. The molecule has 0 radical (unpaired) electrons. The predicted octanol–water partition coefficient (Wildman–Crippen LogP) is 1.05. The molecule has 0 aliphatic rings. The molecule has 5 nitrogen and oxygen atoms in total. The molecule has 0 bridgehead atoms. The number of carbonyl (C=O) groups is 1. The van der Waals surface area contributed by atoms with Gasteiger partial charge in [0, 0.05) is 11.9 Å². The maximum absolute atomic E-state index is 11.7. The largest absolute Gasteiger partial charge is 0.393 e. The molecule has 0 saturated carbocycles. The molecule has 17 heavy (non-hydrogen) atoms. The number of nitrogens with one attached hydrogen (secondary N) is 1. The van der Waals surface area contributed by atoms with Gasteiger partial charge in [0.2, 0.25) is 0 Å². The van der Waals surface area contributed by atoms with Crippen molar-refractivity contribution in [3.8, 4) is 0 Å². The lowest BCUT2D eigenvalue weighted by Gasteiger charge is -2.07. The summed E-state index contributed by atoms with van der Waals surface area (Å²) in [5, 5.41) is 14.5. The number of aliphatic hydroxyl groups is 1. The first-order valence-corrected chi connectivity index (χ1v) is 6.59. The quantitative estimate of drug-likeness (QED) is 0.711. The van der Waals surface area contributed by atoms with Crippen LogP contribution < -0.4 is 11.1 Å². The summed E-state index contributed by atoms with van der Waals surface area (Å²) in [5.41, 5.74) is 6.06. The van der Waals surface area contributed by atoms with Gasteiger partial charge in [-0.1, -0.05) is 6.92 Å². The first-order valence-electron chi connectivity index (χ1n) is 5.71. The normalized spacial score (nSPS) is 14.4. The number of aromatic nitrogens is 1. The molecular weight excluding hydrogens is 238 g/mol. The second-order valence-corrected chi connectivity index (χ2v) is 4.86. The van der Waals surface area contributed by atoms with Crippen molar-refractivity contribution in [2.45, 2.75) is 38.8 Å². The van der Waals surface area contributed by atoms with Gasteiger partial charge in [-0.15, -0.1) is 11.3 Å². The highest BCUT2D eigenvalue weighted by Gasteiger charge is 2.12. The van der Waals surface area contributed by atoms with E-state index in [1.165, 1.54) is 11.3 Å². The molecule has 0 aromatic carbocycles. The van der Waals surface area contributed by atoms with E-state index >= 15 is 0 Å². The molecule has 2 atom stereocenters. The molecule has 1 heterocycles. The van der Waals surface area contributed by atoms with Crippen molar-refractivity contribution in [1.29, 1.82) is 0 Å². The zero-order chi connectivity index (χ0) is 12.8. The predicted molar refractivity (Wildman–Crippen MR) is 68.0 cm³/mol. The molecule has 2 unspecified atom stereocenters. The Hall–Kier alpha value is -0.980. The standard InChI is InChI=1S/C11H19N3O2S/c1-3-8(15)4-5-13-10(16)9-6-17-11(14-9)7(2)12/h6-8,15H,3-5,12H2,1-2H3,(H,13,16). The van der Waals surface area contributed by atoms with E-state index in [2.05, 4.69) is 10.3 Å². The van der Waals surface area contributed by atoms with Gasteiger partial charge in [0.25, 0.3) is 5.91 Å². The maximum atomic E-state index is 11.7. The highest BCUT2D eigenvalue weighted by Crippen LogP contribution is 2.15. The minimum absolute atomic E-state index is 0.150. The Morgan fingerprint density at radius 1 is 1.71 bits per heavy atom. The van der Waals surface area contributed by atoms with E-state index in [4.69, 9.17) is 5.73 Å². The number of aliphatic hydroxyl groups excluding tert-OH is 1. The lowest BCUT2D eigenvalue weighted by molar-refractivity contribution is 0.0937. The van der Waals surface area contributed by atoms with Crippen molar-refractivity contribution in [2.24, 2.45) is 5.73 Å². The second kappa shape index (κ2) is 6.68. The maximum Gasteiger partial charge on any atom is 0.270 e. The van der Waals surface area contributed by atoms with Crippen molar-refractivity contribution < 1.29 is 9.90 Å². The summed E-state index contributed by atoms with van der Waals surface area (Å²) in [4.78, 5) is 15.8. The van der Waals surface area contributed by atoms with Crippen LogP contribution in [0.15, 0.2) is 5.38 Å². The second-order valence-electron chi connectivity index (χ2n) is 3.97. The van der Waals surface area contributed by atoms with Crippen molar-refractivity contribution in [3.63, 3.8) is 0 Å². The number of rotatable bonds is 6. The smallest absolute Gasteiger partial charge is 0.270 e. The van der Waals surface area contributed by atoms with Crippen LogP contribution in [0.1, 0.15) is 48.2 Å². The van der Waals surface area contributed by atoms with Crippen LogP contribution in [0.5, 0.6) is 0 Å². The molecule has 96 valence electrons. The van der Waals surface area contributed by atoms with Crippen LogP contribution in [0.3, 0.4) is 0 Å². The fourth-order valence-corrected chi connectivity index (χ4v) is 2.01. The molecule has 1 rings (SSSR count). The number of nitrogens with two attached hydrogens (primary N) is 1. The number of carbonyl (C=O) groups excluding carboxylic acids is 1. The van der Waals surface area contributed by atoms with Crippen molar-refractivity contribution in [2.75, 3.05) is 6.54 Å². The molecule has 4 N–H and O–H groups in total. The highest BCUT2D eigenvalue weighted by molar-refractivity contribution is 7.09. The van der Waals surface area contributed by atoms with Crippen LogP contribution in [0, 0.1) is 0 Å². The zero-order valence-electron chi connectivity index (χ0n) is 10.1. The molecule has 0 aliphatic heterocycles. The summed E-state index contributed by atoms with van der Waals surface area (Å²) < 4.78 is 0. The van der Waals surface area contributed by atoms with Crippen LogP contribution in [0.2, 0.25) is 0 Å². The fourth-order valence-electron chi connectivity index (χ4n) is 1.25. The number of nitrogens with zero attached hydrogens (tertiary/aromatic N) is 1. The van der Waals surface area contributed by atoms with Gasteiger partial charge in [-0.05, 0) is 19.8 Å². The summed E-state index contributed by atoms with van der Waals surface area (Å²) in [6.45, 7) is 4.19. The third-order valence-electron chi connectivity index (χ3n) is 2.38. The summed E-state index contributed by atoms with van der Waals surface area (Å²) in [6.07, 6.45) is 0.902. The average Bonchev–Trinajstić information content (AvgIpc) is 2.78. The van der Waals surface area contributed by atoms with E-state index < -0.39 is 0 Å². The SMILES string of the molecule is CCC(O)CCNC(=O)c1csc(C(C)N)n1.